The maximum absolute atomic E-state index is 10.9. The highest BCUT2D eigenvalue weighted by Crippen LogP contribution is 2.35. The number of carbonyl (C=O) groups is 1. The number of carbonyl (C=O) groups excluding carboxylic acids is 1. The minimum Gasteiger partial charge on any atom is -0.458 e. The molecule has 2 aromatic rings. The Hall–Kier alpha value is -2.90. The molecule has 22 heavy (non-hydrogen) atoms. The van der Waals surface area contributed by atoms with E-state index in [1.807, 2.05) is 6.07 Å². The molecule has 1 atom stereocenters. The molecule has 3 rings (SSSR count). The fourth-order valence-corrected chi connectivity index (χ4v) is 2.04. The van der Waals surface area contributed by atoms with Crippen LogP contribution in [0.1, 0.15) is 12.6 Å². The Morgan fingerprint density at radius 1 is 1.45 bits per heavy atom. The standard InChI is InChI=1S/C14H14N4O4/c1-11(19)20-6-12-7-21-14(22-12,8-18-10-15-9-17-18)13-4-2-3-5-16-13/h2-5,7,9-10H,6,8H2,1H3. The van der Waals surface area contributed by atoms with Crippen LogP contribution >= 0.6 is 0 Å². The highest BCUT2D eigenvalue weighted by molar-refractivity contribution is 5.66. The van der Waals surface area contributed by atoms with Crippen LogP contribution in [0.15, 0.2) is 49.1 Å². The van der Waals surface area contributed by atoms with Crippen LogP contribution < -0.4 is 0 Å². The highest BCUT2D eigenvalue weighted by Gasteiger charge is 2.43. The lowest BCUT2D eigenvalue weighted by Crippen LogP contribution is -2.34. The van der Waals surface area contributed by atoms with Crippen LogP contribution in [-0.2, 0) is 31.3 Å². The van der Waals surface area contributed by atoms with Gasteiger partial charge < -0.3 is 14.2 Å². The van der Waals surface area contributed by atoms with Crippen molar-refractivity contribution in [3.63, 3.8) is 0 Å². The fraction of sp³-hybridized carbons (Fsp3) is 0.286. The Balaban J connectivity index is 1.82. The van der Waals surface area contributed by atoms with Crippen molar-refractivity contribution >= 4 is 5.97 Å². The molecule has 0 saturated heterocycles. The molecule has 0 fully saturated rings. The second-order valence-corrected chi connectivity index (χ2v) is 4.65. The van der Waals surface area contributed by atoms with Crippen LogP contribution in [0.5, 0.6) is 0 Å². The van der Waals surface area contributed by atoms with Gasteiger partial charge in [0.1, 0.15) is 31.2 Å². The molecule has 0 saturated carbocycles. The third-order valence-electron chi connectivity index (χ3n) is 2.99. The Labute approximate surface area is 126 Å². The van der Waals surface area contributed by atoms with Gasteiger partial charge in [-0.25, -0.2) is 9.67 Å². The Kier molecular flexibility index (Phi) is 3.73. The van der Waals surface area contributed by atoms with Gasteiger partial charge in [-0.05, 0) is 12.1 Å². The van der Waals surface area contributed by atoms with Gasteiger partial charge in [0.2, 0.25) is 0 Å². The smallest absolute Gasteiger partial charge is 0.314 e. The van der Waals surface area contributed by atoms with Crippen molar-refractivity contribution in [1.82, 2.24) is 19.7 Å². The molecule has 1 aliphatic heterocycles. The summed E-state index contributed by atoms with van der Waals surface area (Å²) in [4.78, 5) is 19.1. The lowest BCUT2D eigenvalue weighted by molar-refractivity contribution is -0.177. The number of pyridine rings is 1. The van der Waals surface area contributed by atoms with E-state index in [4.69, 9.17) is 14.2 Å². The maximum Gasteiger partial charge on any atom is 0.314 e. The SMILES string of the molecule is CC(=O)OCC1=COC(Cn2cncn2)(c2ccccn2)O1. The summed E-state index contributed by atoms with van der Waals surface area (Å²) in [6.07, 6.45) is 6.06. The van der Waals surface area contributed by atoms with Crippen molar-refractivity contribution in [3.8, 4) is 0 Å². The second kappa shape index (κ2) is 5.84. The van der Waals surface area contributed by atoms with E-state index in [9.17, 15) is 4.79 Å². The van der Waals surface area contributed by atoms with Crippen LogP contribution in [0.2, 0.25) is 0 Å². The summed E-state index contributed by atoms with van der Waals surface area (Å²) in [5.74, 6) is -1.15. The molecule has 3 heterocycles. The van der Waals surface area contributed by atoms with Crippen LogP contribution in [0.4, 0.5) is 0 Å². The van der Waals surface area contributed by atoms with E-state index in [-0.39, 0.29) is 13.2 Å². The van der Waals surface area contributed by atoms with Crippen molar-refractivity contribution in [2.24, 2.45) is 0 Å². The predicted octanol–water partition coefficient (Wildman–Crippen LogP) is 0.977. The normalized spacial score (nSPS) is 20.0. The largest absolute Gasteiger partial charge is 0.458 e. The first-order valence-corrected chi connectivity index (χ1v) is 6.61. The van der Waals surface area contributed by atoms with Crippen LogP contribution in [-0.4, -0.2) is 32.3 Å². The molecule has 1 unspecified atom stereocenters. The molecule has 8 heteroatoms. The van der Waals surface area contributed by atoms with Crippen molar-refractivity contribution in [1.29, 1.82) is 0 Å². The average Bonchev–Trinajstić information content (AvgIpc) is 3.17. The monoisotopic (exact) mass is 302 g/mol. The summed E-state index contributed by atoms with van der Waals surface area (Å²) in [7, 11) is 0. The number of ether oxygens (including phenoxy) is 3. The van der Waals surface area contributed by atoms with E-state index in [0.717, 1.165) is 0 Å². The van der Waals surface area contributed by atoms with E-state index < -0.39 is 11.8 Å². The zero-order valence-corrected chi connectivity index (χ0v) is 11.9. The molecule has 0 aromatic carbocycles. The maximum atomic E-state index is 10.9. The Morgan fingerprint density at radius 2 is 2.36 bits per heavy atom. The molecule has 2 aromatic heterocycles. The number of aromatic nitrogens is 4. The minimum atomic E-state index is -1.16. The topological polar surface area (TPSA) is 88.4 Å². The second-order valence-electron chi connectivity index (χ2n) is 4.65. The third kappa shape index (κ3) is 2.90. The molecule has 1 aliphatic rings. The first-order valence-electron chi connectivity index (χ1n) is 6.61. The molecule has 0 N–H and O–H groups in total. The molecule has 0 amide bonds. The van der Waals surface area contributed by atoms with Gasteiger partial charge in [-0.1, -0.05) is 6.07 Å². The highest BCUT2D eigenvalue weighted by atomic mass is 16.7. The lowest BCUT2D eigenvalue weighted by Gasteiger charge is -2.27. The zero-order chi connectivity index (χ0) is 15.4. The summed E-state index contributed by atoms with van der Waals surface area (Å²) >= 11 is 0. The minimum absolute atomic E-state index is 0.00126. The molecular weight excluding hydrogens is 288 g/mol. The van der Waals surface area contributed by atoms with Crippen LogP contribution in [0.3, 0.4) is 0 Å². The average molecular weight is 302 g/mol. The molecular formula is C14H14N4O4. The summed E-state index contributed by atoms with van der Waals surface area (Å²) in [6.45, 7) is 1.59. The van der Waals surface area contributed by atoms with Gasteiger partial charge in [0, 0.05) is 13.1 Å². The van der Waals surface area contributed by atoms with Crippen molar-refractivity contribution in [2.75, 3.05) is 6.61 Å². The van der Waals surface area contributed by atoms with Gasteiger partial charge in [-0.15, -0.1) is 0 Å². The lowest BCUT2D eigenvalue weighted by atomic mass is 10.1. The van der Waals surface area contributed by atoms with Crippen LogP contribution in [0.25, 0.3) is 0 Å². The van der Waals surface area contributed by atoms with Crippen molar-refractivity contribution < 1.29 is 19.0 Å². The quantitative estimate of drug-likeness (QED) is 0.760. The zero-order valence-electron chi connectivity index (χ0n) is 11.9. The summed E-state index contributed by atoms with van der Waals surface area (Å²) in [5, 5.41) is 4.06. The van der Waals surface area contributed by atoms with Gasteiger partial charge in [-0.3, -0.25) is 9.78 Å². The van der Waals surface area contributed by atoms with Gasteiger partial charge in [0.05, 0.1) is 0 Å². The summed E-state index contributed by atoms with van der Waals surface area (Å²) in [6, 6.07) is 5.43. The number of hydrogen-bond acceptors (Lipinski definition) is 7. The first-order chi connectivity index (χ1) is 10.7. The van der Waals surface area contributed by atoms with E-state index in [1.54, 1.807) is 29.3 Å². The number of hydrogen-bond donors (Lipinski definition) is 0. The molecule has 0 spiro atoms. The number of rotatable bonds is 5. The number of esters is 1. The molecule has 0 bridgehead atoms. The van der Waals surface area contributed by atoms with E-state index in [0.29, 0.717) is 11.5 Å². The first kappa shape index (κ1) is 14.1. The molecule has 0 aliphatic carbocycles. The van der Waals surface area contributed by atoms with Gasteiger partial charge in [0.15, 0.2) is 12.4 Å². The van der Waals surface area contributed by atoms with Gasteiger partial charge in [-0.2, -0.15) is 5.10 Å². The van der Waals surface area contributed by atoms with E-state index in [1.165, 1.54) is 19.5 Å². The van der Waals surface area contributed by atoms with Crippen LogP contribution in [0, 0.1) is 0 Å². The van der Waals surface area contributed by atoms with Gasteiger partial charge >= 0.3 is 11.8 Å². The van der Waals surface area contributed by atoms with Crippen molar-refractivity contribution in [2.45, 2.75) is 19.3 Å². The molecule has 8 nitrogen and oxygen atoms in total. The summed E-state index contributed by atoms with van der Waals surface area (Å²) < 4.78 is 18.1. The third-order valence-corrected chi connectivity index (χ3v) is 2.99. The summed E-state index contributed by atoms with van der Waals surface area (Å²) in [5.41, 5.74) is 0.583. The predicted molar refractivity (Wildman–Crippen MR) is 72.8 cm³/mol. The molecule has 114 valence electrons. The Bertz CT molecular complexity index is 671. The van der Waals surface area contributed by atoms with E-state index >= 15 is 0 Å². The molecule has 0 radical (unpaired) electrons. The van der Waals surface area contributed by atoms with E-state index in [2.05, 4.69) is 15.1 Å². The number of nitrogens with zero attached hydrogens (tertiary/aromatic N) is 4. The Morgan fingerprint density at radius 3 is 3.05 bits per heavy atom. The van der Waals surface area contributed by atoms with Gasteiger partial charge in [0.25, 0.3) is 0 Å². The fourth-order valence-electron chi connectivity index (χ4n) is 2.04. The van der Waals surface area contributed by atoms with Crippen molar-refractivity contribution in [3.05, 3.63) is 54.8 Å².